The molecule has 0 saturated carbocycles. The van der Waals surface area contributed by atoms with Gasteiger partial charge in [-0.25, -0.2) is 5.43 Å². The lowest BCUT2D eigenvalue weighted by atomic mass is 9.93. The lowest BCUT2D eigenvalue weighted by Gasteiger charge is -2.29. The fraction of sp³-hybridized carbons (Fsp3) is 0.478. The summed E-state index contributed by atoms with van der Waals surface area (Å²) < 4.78 is 0. The zero-order valence-electron chi connectivity index (χ0n) is 16.6. The van der Waals surface area contributed by atoms with Gasteiger partial charge in [-0.2, -0.15) is 0 Å². The highest BCUT2D eigenvalue weighted by molar-refractivity contribution is 5.63. The van der Waals surface area contributed by atoms with Gasteiger partial charge >= 0.3 is 0 Å². The Morgan fingerprint density at radius 2 is 1.74 bits per heavy atom. The van der Waals surface area contributed by atoms with Crippen LogP contribution in [0.3, 0.4) is 0 Å². The largest absolute Gasteiger partial charge is 0.304 e. The first-order valence-corrected chi connectivity index (χ1v) is 10.2. The number of nitrogens with one attached hydrogen (secondary N) is 2. The van der Waals surface area contributed by atoms with E-state index in [1.807, 2.05) is 0 Å². The van der Waals surface area contributed by atoms with Crippen molar-refractivity contribution < 1.29 is 0 Å². The van der Waals surface area contributed by atoms with Crippen molar-refractivity contribution >= 4 is 0 Å². The second-order valence-electron chi connectivity index (χ2n) is 8.25. The molecule has 2 heterocycles. The SMILES string of the molecule is CN(CC1CNNC1c1ccc(-c2ccccc2)cc1)CC1CCCN1C. The van der Waals surface area contributed by atoms with E-state index < -0.39 is 0 Å². The van der Waals surface area contributed by atoms with Crippen molar-refractivity contribution in [3.63, 3.8) is 0 Å². The fourth-order valence-electron chi connectivity index (χ4n) is 4.62. The van der Waals surface area contributed by atoms with Crippen LogP contribution in [0.4, 0.5) is 0 Å². The van der Waals surface area contributed by atoms with Gasteiger partial charge in [0.1, 0.15) is 0 Å². The molecule has 4 nitrogen and oxygen atoms in total. The minimum Gasteiger partial charge on any atom is -0.304 e. The maximum Gasteiger partial charge on any atom is 0.0515 e. The van der Waals surface area contributed by atoms with Crippen molar-refractivity contribution in [3.8, 4) is 11.1 Å². The topological polar surface area (TPSA) is 30.5 Å². The van der Waals surface area contributed by atoms with Gasteiger partial charge in [-0.05, 0) is 50.2 Å². The van der Waals surface area contributed by atoms with Gasteiger partial charge in [-0.15, -0.1) is 0 Å². The number of hydrazine groups is 1. The minimum atomic E-state index is 0.374. The van der Waals surface area contributed by atoms with Crippen molar-refractivity contribution in [1.29, 1.82) is 0 Å². The average Bonchev–Trinajstić information content (AvgIpc) is 3.32. The van der Waals surface area contributed by atoms with Crippen LogP contribution in [-0.4, -0.2) is 56.1 Å². The number of likely N-dealkylation sites (N-methyl/N-ethyl adjacent to an activating group) is 2. The number of hydrogen-bond acceptors (Lipinski definition) is 4. The van der Waals surface area contributed by atoms with Crippen molar-refractivity contribution in [2.75, 3.05) is 40.3 Å². The first-order chi connectivity index (χ1) is 13.2. The second-order valence-corrected chi connectivity index (χ2v) is 8.25. The van der Waals surface area contributed by atoms with E-state index in [1.54, 1.807) is 0 Å². The summed E-state index contributed by atoms with van der Waals surface area (Å²) in [5, 5.41) is 0. The zero-order valence-corrected chi connectivity index (χ0v) is 16.6. The van der Waals surface area contributed by atoms with Crippen molar-refractivity contribution in [2.24, 2.45) is 5.92 Å². The van der Waals surface area contributed by atoms with Crippen LogP contribution in [0, 0.1) is 5.92 Å². The van der Waals surface area contributed by atoms with Gasteiger partial charge in [0.15, 0.2) is 0 Å². The van der Waals surface area contributed by atoms with Gasteiger partial charge in [-0.3, -0.25) is 5.43 Å². The maximum atomic E-state index is 3.50. The quantitative estimate of drug-likeness (QED) is 0.824. The number of rotatable bonds is 6. The number of benzene rings is 2. The van der Waals surface area contributed by atoms with Gasteiger partial charge in [-0.1, -0.05) is 54.6 Å². The highest BCUT2D eigenvalue weighted by Crippen LogP contribution is 2.28. The van der Waals surface area contributed by atoms with Crippen molar-refractivity contribution in [2.45, 2.75) is 24.9 Å². The molecule has 0 bridgehead atoms. The van der Waals surface area contributed by atoms with Gasteiger partial charge in [0.25, 0.3) is 0 Å². The molecule has 144 valence electrons. The van der Waals surface area contributed by atoms with Crippen LogP contribution >= 0.6 is 0 Å². The van der Waals surface area contributed by atoms with Crippen molar-refractivity contribution in [1.82, 2.24) is 20.7 Å². The predicted molar refractivity (Wildman–Crippen MR) is 112 cm³/mol. The Bertz CT molecular complexity index is 715. The molecule has 2 aromatic carbocycles. The molecule has 2 N–H and O–H groups in total. The van der Waals surface area contributed by atoms with Crippen LogP contribution in [0.25, 0.3) is 11.1 Å². The lowest BCUT2D eigenvalue weighted by molar-refractivity contribution is 0.197. The summed E-state index contributed by atoms with van der Waals surface area (Å²) in [6, 6.07) is 20.8. The van der Waals surface area contributed by atoms with Crippen LogP contribution in [0.1, 0.15) is 24.4 Å². The molecular weight excluding hydrogens is 332 g/mol. The molecule has 0 aromatic heterocycles. The molecular formula is C23H32N4. The predicted octanol–water partition coefficient (Wildman–Crippen LogP) is 3.14. The zero-order chi connectivity index (χ0) is 18.6. The molecule has 3 unspecified atom stereocenters. The molecule has 0 amide bonds. The van der Waals surface area contributed by atoms with Gasteiger partial charge in [0.05, 0.1) is 6.04 Å². The summed E-state index contributed by atoms with van der Waals surface area (Å²) in [5.74, 6) is 0.587. The van der Waals surface area contributed by atoms with E-state index in [9.17, 15) is 0 Å². The van der Waals surface area contributed by atoms with Crippen LogP contribution in [0.5, 0.6) is 0 Å². The normalized spacial score (nSPS) is 26.1. The van der Waals surface area contributed by atoms with E-state index >= 15 is 0 Å². The van der Waals surface area contributed by atoms with Gasteiger partial charge in [0.2, 0.25) is 0 Å². The molecule has 0 spiro atoms. The Hall–Kier alpha value is -1.72. The molecule has 2 aliphatic rings. The Morgan fingerprint density at radius 1 is 1.00 bits per heavy atom. The van der Waals surface area contributed by atoms with Crippen LogP contribution in [-0.2, 0) is 0 Å². The number of likely N-dealkylation sites (tertiary alicyclic amines) is 1. The molecule has 0 radical (unpaired) electrons. The minimum absolute atomic E-state index is 0.374. The third-order valence-electron chi connectivity index (χ3n) is 6.21. The Morgan fingerprint density at radius 3 is 2.44 bits per heavy atom. The first kappa shape index (κ1) is 18.6. The molecule has 2 aliphatic heterocycles. The van der Waals surface area contributed by atoms with Crippen molar-refractivity contribution in [3.05, 3.63) is 60.2 Å². The Balaban J connectivity index is 1.39. The second kappa shape index (κ2) is 8.53. The van der Waals surface area contributed by atoms with Gasteiger partial charge < -0.3 is 9.80 Å². The highest BCUT2D eigenvalue weighted by Gasteiger charge is 2.30. The highest BCUT2D eigenvalue weighted by atomic mass is 15.4. The summed E-state index contributed by atoms with van der Waals surface area (Å²) >= 11 is 0. The summed E-state index contributed by atoms with van der Waals surface area (Å²) in [6.07, 6.45) is 2.68. The molecule has 2 saturated heterocycles. The fourth-order valence-corrected chi connectivity index (χ4v) is 4.62. The van der Waals surface area contributed by atoms with E-state index in [4.69, 9.17) is 0 Å². The third kappa shape index (κ3) is 4.41. The van der Waals surface area contributed by atoms with E-state index in [-0.39, 0.29) is 0 Å². The Labute approximate surface area is 163 Å². The van der Waals surface area contributed by atoms with E-state index in [1.165, 1.54) is 42.6 Å². The molecule has 2 aromatic rings. The summed E-state index contributed by atoms with van der Waals surface area (Å²) in [6.45, 7) is 4.57. The number of nitrogens with zero attached hydrogens (tertiary/aromatic N) is 2. The summed E-state index contributed by atoms with van der Waals surface area (Å²) in [7, 11) is 4.54. The van der Waals surface area contributed by atoms with Gasteiger partial charge in [0, 0.05) is 31.6 Å². The lowest BCUT2D eigenvalue weighted by Crippen LogP contribution is -2.39. The van der Waals surface area contributed by atoms with E-state index in [0.717, 1.165) is 19.1 Å². The standard InChI is InChI=1S/C23H32N4/c1-26(17-22-9-6-14-27(22)2)16-21-15-24-25-23(21)20-12-10-19(11-13-20)18-7-4-3-5-8-18/h3-5,7-8,10-13,21-25H,6,9,14-17H2,1-2H3. The van der Waals surface area contributed by atoms with Crippen LogP contribution in [0.15, 0.2) is 54.6 Å². The third-order valence-corrected chi connectivity index (χ3v) is 6.21. The van der Waals surface area contributed by atoms with Crippen LogP contribution < -0.4 is 10.9 Å². The molecule has 2 fully saturated rings. The molecule has 0 aliphatic carbocycles. The monoisotopic (exact) mass is 364 g/mol. The summed E-state index contributed by atoms with van der Waals surface area (Å²) in [5.41, 5.74) is 10.8. The molecule has 4 heteroatoms. The van der Waals surface area contributed by atoms with Crippen LogP contribution in [0.2, 0.25) is 0 Å². The first-order valence-electron chi connectivity index (χ1n) is 10.2. The number of hydrogen-bond donors (Lipinski definition) is 2. The maximum absolute atomic E-state index is 3.50. The average molecular weight is 365 g/mol. The molecule has 3 atom stereocenters. The van der Waals surface area contributed by atoms with E-state index in [0.29, 0.717) is 12.0 Å². The van der Waals surface area contributed by atoms with E-state index in [2.05, 4.69) is 89.3 Å². The summed E-state index contributed by atoms with van der Waals surface area (Å²) in [4.78, 5) is 5.04. The Kier molecular flexibility index (Phi) is 5.89. The molecule has 4 rings (SSSR count). The smallest absolute Gasteiger partial charge is 0.0515 e. The molecule has 27 heavy (non-hydrogen) atoms.